The number of para-hydroxylation sites is 1. The number of hydrogen-bond donors (Lipinski definition) is 2. The van der Waals surface area contributed by atoms with Crippen LogP contribution in [-0.2, 0) is 15.8 Å². The van der Waals surface area contributed by atoms with Crippen molar-refractivity contribution in [2.75, 3.05) is 26.5 Å². The predicted molar refractivity (Wildman–Crippen MR) is 119 cm³/mol. The molecule has 12 nitrogen and oxygen atoms in total. The number of carbonyl (C=O) groups excluding carboxylic acids is 1. The summed E-state index contributed by atoms with van der Waals surface area (Å²) in [5.41, 5.74) is -0.200. The van der Waals surface area contributed by atoms with Crippen LogP contribution in [0.1, 0.15) is 5.69 Å². The van der Waals surface area contributed by atoms with Crippen molar-refractivity contribution in [1.29, 1.82) is 0 Å². The highest BCUT2D eigenvalue weighted by Gasteiger charge is 2.27. The zero-order chi connectivity index (χ0) is 23.2. The lowest BCUT2D eigenvalue weighted by Crippen LogP contribution is -2.35. The molecule has 1 aromatic heterocycles. The third-order valence-electron chi connectivity index (χ3n) is 3.48. The van der Waals surface area contributed by atoms with E-state index in [1.807, 2.05) is 0 Å². The zero-order valence-corrected chi connectivity index (χ0v) is 19.0. The fourth-order valence-electron chi connectivity index (χ4n) is 2.11. The van der Waals surface area contributed by atoms with E-state index in [0.29, 0.717) is 15.8 Å². The minimum atomic E-state index is -4.53. The van der Waals surface area contributed by atoms with Crippen LogP contribution in [0.2, 0.25) is 0 Å². The first kappa shape index (κ1) is 24.2. The summed E-state index contributed by atoms with van der Waals surface area (Å²) in [6.07, 6.45) is 0. The Kier molecular flexibility index (Phi) is 8.07. The summed E-state index contributed by atoms with van der Waals surface area (Å²) in [7, 11) is 0.431. The van der Waals surface area contributed by atoms with Crippen molar-refractivity contribution in [3.63, 3.8) is 0 Å². The summed E-state index contributed by atoms with van der Waals surface area (Å²) in [5, 5.41) is 13.3. The fraction of sp³-hybridized carbons (Fsp3) is 0.250. The molecular formula is C16H18N6O6S3. The summed E-state index contributed by atoms with van der Waals surface area (Å²) in [6, 6.07) is 4.97. The van der Waals surface area contributed by atoms with Gasteiger partial charge in [0.15, 0.2) is 4.90 Å². The van der Waals surface area contributed by atoms with Crippen LogP contribution in [0.15, 0.2) is 35.2 Å². The number of nitrogens with zero attached hydrogens (tertiary/aromatic N) is 4. The number of sulfonamides is 1. The maximum absolute atomic E-state index is 12.4. The van der Waals surface area contributed by atoms with Crippen molar-refractivity contribution in [2.45, 2.75) is 10.6 Å². The van der Waals surface area contributed by atoms with E-state index in [9.17, 15) is 23.3 Å². The van der Waals surface area contributed by atoms with Crippen LogP contribution >= 0.6 is 24.0 Å². The molecule has 2 rings (SSSR count). The molecule has 0 aliphatic rings. The Labute approximate surface area is 187 Å². The van der Waals surface area contributed by atoms with Crippen LogP contribution in [0, 0.1) is 10.1 Å². The zero-order valence-electron chi connectivity index (χ0n) is 16.6. The maximum atomic E-state index is 12.4. The molecule has 0 saturated carbocycles. The highest BCUT2D eigenvalue weighted by Crippen LogP contribution is 2.23. The molecule has 31 heavy (non-hydrogen) atoms. The molecule has 0 aliphatic carbocycles. The summed E-state index contributed by atoms with van der Waals surface area (Å²) < 4.78 is 32.2. The third kappa shape index (κ3) is 6.73. The second-order valence-corrected chi connectivity index (χ2v) is 9.22. The number of thioether (sulfide) groups is 1. The first-order valence-corrected chi connectivity index (χ1v) is 11.2. The Morgan fingerprint density at radius 1 is 1.32 bits per heavy atom. The van der Waals surface area contributed by atoms with Crippen LogP contribution in [0.25, 0.3) is 0 Å². The smallest absolute Gasteiger partial charge is 0.335 e. The molecule has 0 saturated heterocycles. The molecule has 0 fully saturated rings. The topological polar surface area (TPSA) is 157 Å². The number of urea groups is 1. The van der Waals surface area contributed by atoms with E-state index in [1.54, 1.807) is 29.8 Å². The molecule has 166 valence electrons. The first-order valence-electron chi connectivity index (χ1n) is 8.36. The number of methoxy groups -OCH3 is 1. The van der Waals surface area contributed by atoms with Gasteiger partial charge in [0.1, 0.15) is 4.32 Å². The van der Waals surface area contributed by atoms with E-state index in [0.717, 1.165) is 12.1 Å². The third-order valence-corrected chi connectivity index (χ3v) is 6.63. The van der Waals surface area contributed by atoms with Gasteiger partial charge in [-0.25, -0.2) is 22.9 Å². The molecule has 1 aromatic carbocycles. The molecule has 1 heterocycles. The Hall–Kier alpha value is -3.04. The number of hydrogen-bond acceptors (Lipinski definition) is 10. The highest BCUT2D eigenvalue weighted by atomic mass is 32.2. The largest absolute Gasteiger partial charge is 0.481 e. The van der Waals surface area contributed by atoms with Crippen LogP contribution in [0.5, 0.6) is 5.88 Å². The second-order valence-electron chi connectivity index (χ2n) is 5.96. The SMILES string of the molecule is COc1cc(CSC(=S)N(C)C)nc(NC(=O)NS(=O)(=O)c2ccccc2[N+](=O)[O-])n1. The fourth-order valence-corrected chi connectivity index (χ4v) is 4.05. The molecule has 2 amide bonds. The minimum Gasteiger partial charge on any atom is -0.481 e. The number of amides is 2. The Morgan fingerprint density at radius 3 is 2.61 bits per heavy atom. The van der Waals surface area contributed by atoms with Gasteiger partial charge in [0.25, 0.3) is 15.7 Å². The molecule has 0 atom stereocenters. The number of benzene rings is 1. The molecule has 2 N–H and O–H groups in total. The monoisotopic (exact) mass is 486 g/mol. The van der Waals surface area contributed by atoms with Gasteiger partial charge in [-0.15, -0.1) is 0 Å². The molecule has 0 bridgehead atoms. The van der Waals surface area contributed by atoms with Gasteiger partial charge in [0.2, 0.25) is 11.8 Å². The summed E-state index contributed by atoms with van der Waals surface area (Å²) in [4.78, 5) is 31.6. The lowest BCUT2D eigenvalue weighted by atomic mass is 10.3. The molecule has 2 aromatic rings. The Balaban J connectivity index is 2.19. The van der Waals surface area contributed by atoms with Gasteiger partial charge in [-0.1, -0.05) is 36.1 Å². The van der Waals surface area contributed by atoms with Gasteiger partial charge < -0.3 is 9.64 Å². The number of aromatic nitrogens is 2. The van der Waals surface area contributed by atoms with Crippen molar-refractivity contribution in [3.8, 4) is 5.88 Å². The van der Waals surface area contributed by atoms with Gasteiger partial charge in [-0.3, -0.25) is 15.4 Å². The lowest BCUT2D eigenvalue weighted by Gasteiger charge is -2.13. The molecular weight excluding hydrogens is 468 g/mol. The quantitative estimate of drug-likeness (QED) is 0.335. The standard InChI is InChI=1S/C16H18N6O6S3/c1-21(2)16(29)30-9-10-8-13(28-3)18-14(17-10)19-15(23)20-31(26,27)12-7-5-4-6-11(12)22(24)25/h4-8H,9H2,1-3H3,(H2,17,18,19,20,23). The number of nitrogens with one attached hydrogen (secondary N) is 2. The number of carbonyl (C=O) groups is 1. The van der Waals surface area contributed by atoms with Crippen molar-refractivity contribution in [3.05, 3.63) is 46.1 Å². The number of ether oxygens (including phenoxy) is 1. The van der Waals surface area contributed by atoms with E-state index in [4.69, 9.17) is 17.0 Å². The van der Waals surface area contributed by atoms with Crippen molar-refractivity contribution < 1.29 is 22.9 Å². The Morgan fingerprint density at radius 2 is 2.00 bits per heavy atom. The average molecular weight is 487 g/mol. The summed E-state index contributed by atoms with van der Waals surface area (Å²) in [6.45, 7) is 0. The summed E-state index contributed by atoms with van der Waals surface area (Å²) >= 11 is 6.52. The van der Waals surface area contributed by atoms with Crippen LogP contribution < -0.4 is 14.8 Å². The number of nitro benzene ring substituents is 1. The normalized spacial score (nSPS) is 10.8. The molecule has 0 spiro atoms. The van der Waals surface area contributed by atoms with Gasteiger partial charge in [-0.2, -0.15) is 4.98 Å². The number of anilines is 1. The minimum absolute atomic E-state index is 0.137. The van der Waals surface area contributed by atoms with E-state index in [1.165, 1.54) is 31.0 Å². The van der Waals surface area contributed by atoms with Gasteiger partial charge in [0, 0.05) is 32.0 Å². The Bertz CT molecular complexity index is 1110. The molecule has 15 heteroatoms. The van der Waals surface area contributed by atoms with Gasteiger partial charge in [-0.05, 0) is 6.07 Å². The average Bonchev–Trinajstić information content (AvgIpc) is 2.71. The van der Waals surface area contributed by atoms with Gasteiger partial charge >= 0.3 is 6.03 Å². The van der Waals surface area contributed by atoms with Gasteiger partial charge in [0.05, 0.1) is 17.7 Å². The summed E-state index contributed by atoms with van der Waals surface area (Å²) in [5.74, 6) is 0.264. The number of nitro groups is 1. The molecule has 0 radical (unpaired) electrons. The van der Waals surface area contributed by atoms with E-state index in [-0.39, 0.29) is 11.8 Å². The van der Waals surface area contributed by atoms with Crippen LogP contribution in [0.4, 0.5) is 16.4 Å². The van der Waals surface area contributed by atoms with Crippen molar-refractivity contribution in [1.82, 2.24) is 19.6 Å². The van der Waals surface area contributed by atoms with Crippen LogP contribution in [0.3, 0.4) is 0 Å². The predicted octanol–water partition coefficient (Wildman–Crippen LogP) is 1.98. The van der Waals surface area contributed by atoms with Crippen molar-refractivity contribution in [2.24, 2.45) is 0 Å². The first-order chi connectivity index (χ1) is 14.5. The van der Waals surface area contributed by atoms with E-state index < -0.39 is 31.6 Å². The molecule has 0 unspecified atom stereocenters. The maximum Gasteiger partial charge on any atom is 0.335 e. The van der Waals surface area contributed by atoms with E-state index in [2.05, 4.69) is 15.3 Å². The van der Waals surface area contributed by atoms with Crippen LogP contribution in [-0.4, -0.2) is 59.8 Å². The number of rotatable bonds is 7. The van der Waals surface area contributed by atoms with E-state index >= 15 is 0 Å². The van der Waals surface area contributed by atoms with Crippen molar-refractivity contribution >= 4 is 56.0 Å². The molecule has 0 aliphatic heterocycles. The highest BCUT2D eigenvalue weighted by molar-refractivity contribution is 8.22. The second kappa shape index (κ2) is 10.3. The number of thiocarbonyl (C=S) groups is 1. The lowest BCUT2D eigenvalue weighted by molar-refractivity contribution is -0.387.